The Hall–Kier alpha value is -1.88. The highest BCUT2D eigenvalue weighted by Crippen LogP contribution is 2.41. The Morgan fingerprint density at radius 2 is 2.00 bits per heavy atom. The number of methoxy groups -OCH3 is 2. The summed E-state index contributed by atoms with van der Waals surface area (Å²) in [4.78, 5) is 36.1. The normalized spacial score (nSPS) is 20.4. The Morgan fingerprint density at radius 3 is 2.60 bits per heavy atom. The molecule has 1 aliphatic rings. The number of Topliss-reactive ketones (excluding diaryl/α,β-unsaturated/α-hetero) is 1. The first-order chi connectivity index (χ1) is 9.44. The molecule has 1 aromatic carbocycles. The summed E-state index contributed by atoms with van der Waals surface area (Å²) in [5, 5.41) is 0.468. The summed E-state index contributed by atoms with van der Waals surface area (Å²) >= 11 is 5.89. The van der Waals surface area contributed by atoms with Crippen molar-refractivity contribution in [2.45, 2.75) is 12.8 Å². The zero-order valence-corrected chi connectivity index (χ0v) is 11.8. The second-order valence-electron chi connectivity index (χ2n) is 4.63. The number of esters is 2. The molecule has 0 aliphatic heterocycles. The molecule has 6 heteroatoms. The molecular weight excluding hydrogens is 284 g/mol. The van der Waals surface area contributed by atoms with Crippen molar-refractivity contribution in [2.24, 2.45) is 5.41 Å². The van der Waals surface area contributed by atoms with E-state index in [2.05, 4.69) is 4.74 Å². The van der Waals surface area contributed by atoms with E-state index in [1.165, 1.54) is 14.2 Å². The van der Waals surface area contributed by atoms with E-state index in [-0.39, 0.29) is 12.8 Å². The highest BCUT2D eigenvalue weighted by atomic mass is 35.5. The van der Waals surface area contributed by atoms with Crippen molar-refractivity contribution in [1.82, 2.24) is 0 Å². The number of benzene rings is 1. The summed E-state index contributed by atoms with van der Waals surface area (Å²) in [5.41, 5.74) is -0.519. The second kappa shape index (κ2) is 5.25. The fourth-order valence-corrected chi connectivity index (χ4v) is 2.68. The topological polar surface area (TPSA) is 69.7 Å². The lowest BCUT2D eigenvalue weighted by Gasteiger charge is -2.22. The van der Waals surface area contributed by atoms with E-state index in [4.69, 9.17) is 16.3 Å². The van der Waals surface area contributed by atoms with Crippen molar-refractivity contribution in [3.05, 3.63) is 34.3 Å². The summed E-state index contributed by atoms with van der Waals surface area (Å²) in [6.45, 7) is 0. The SMILES string of the molecule is COC(=O)CC1(C(=O)OC)Cc2cc(Cl)ccc2C1=O. The molecule has 106 valence electrons. The van der Waals surface area contributed by atoms with Crippen LogP contribution in [-0.4, -0.2) is 31.9 Å². The van der Waals surface area contributed by atoms with E-state index in [0.29, 0.717) is 16.1 Å². The van der Waals surface area contributed by atoms with Gasteiger partial charge in [0.05, 0.1) is 20.6 Å². The highest BCUT2D eigenvalue weighted by molar-refractivity contribution is 6.31. The molecular formula is C14H13ClO5. The minimum absolute atomic E-state index is 0.0868. The van der Waals surface area contributed by atoms with E-state index >= 15 is 0 Å². The molecule has 0 N–H and O–H groups in total. The van der Waals surface area contributed by atoms with Gasteiger partial charge in [0, 0.05) is 10.6 Å². The van der Waals surface area contributed by atoms with Crippen molar-refractivity contribution in [1.29, 1.82) is 0 Å². The third-order valence-corrected chi connectivity index (χ3v) is 3.72. The number of hydrogen-bond donors (Lipinski definition) is 0. The predicted octanol–water partition coefficient (Wildman–Crippen LogP) is 1.80. The van der Waals surface area contributed by atoms with Crippen LogP contribution in [-0.2, 0) is 25.5 Å². The van der Waals surface area contributed by atoms with Crippen LogP contribution in [0, 0.1) is 5.41 Å². The van der Waals surface area contributed by atoms with Gasteiger partial charge in [-0.1, -0.05) is 11.6 Å². The summed E-state index contributed by atoms with van der Waals surface area (Å²) in [6, 6.07) is 4.75. The largest absolute Gasteiger partial charge is 0.469 e. The molecule has 0 saturated heterocycles. The average Bonchev–Trinajstić information content (AvgIpc) is 2.71. The number of ether oxygens (including phenoxy) is 2. The van der Waals surface area contributed by atoms with Gasteiger partial charge in [0.2, 0.25) is 0 Å². The summed E-state index contributed by atoms with van der Waals surface area (Å²) in [5.74, 6) is -1.80. The molecule has 0 saturated carbocycles. The molecule has 0 bridgehead atoms. The third kappa shape index (κ3) is 2.18. The number of halogens is 1. The lowest BCUT2D eigenvalue weighted by atomic mass is 9.80. The van der Waals surface area contributed by atoms with Crippen LogP contribution in [0.3, 0.4) is 0 Å². The number of carbonyl (C=O) groups excluding carboxylic acids is 3. The molecule has 20 heavy (non-hydrogen) atoms. The van der Waals surface area contributed by atoms with Gasteiger partial charge in [-0.05, 0) is 30.2 Å². The van der Waals surface area contributed by atoms with Crippen LogP contribution in [0.4, 0.5) is 0 Å². The van der Waals surface area contributed by atoms with Gasteiger partial charge >= 0.3 is 11.9 Å². The van der Waals surface area contributed by atoms with Crippen molar-refractivity contribution in [3.63, 3.8) is 0 Å². The molecule has 1 atom stereocenters. The first-order valence-corrected chi connectivity index (χ1v) is 6.31. The van der Waals surface area contributed by atoms with Crippen molar-refractivity contribution < 1.29 is 23.9 Å². The smallest absolute Gasteiger partial charge is 0.320 e. The Kier molecular flexibility index (Phi) is 3.81. The molecule has 2 rings (SSSR count). The van der Waals surface area contributed by atoms with Gasteiger partial charge in [0.1, 0.15) is 5.41 Å². The monoisotopic (exact) mass is 296 g/mol. The first-order valence-electron chi connectivity index (χ1n) is 5.93. The molecule has 0 radical (unpaired) electrons. The second-order valence-corrected chi connectivity index (χ2v) is 5.07. The minimum Gasteiger partial charge on any atom is -0.469 e. The number of fused-ring (bicyclic) bond motifs is 1. The maximum absolute atomic E-state index is 12.5. The van der Waals surface area contributed by atoms with Gasteiger partial charge in [0.15, 0.2) is 5.78 Å². The van der Waals surface area contributed by atoms with E-state index in [0.717, 1.165) is 0 Å². The lowest BCUT2D eigenvalue weighted by Crippen LogP contribution is -2.40. The number of hydrogen-bond acceptors (Lipinski definition) is 5. The summed E-state index contributed by atoms with van der Waals surface area (Å²) in [6.07, 6.45) is -0.259. The van der Waals surface area contributed by atoms with Crippen LogP contribution in [0.15, 0.2) is 18.2 Å². The zero-order chi connectivity index (χ0) is 14.9. The number of ketones is 1. The molecule has 5 nitrogen and oxygen atoms in total. The van der Waals surface area contributed by atoms with Gasteiger partial charge in [-0.15, -0.1) is 0 Å². The fourth-order valence-electron chi connectivity index (χ4n) is 2.49. The fraction of sp³-hybridized carbons (Fsp3) is 0.357. The summed E-state index contributed by atoms with van der Waals surface area (Å²) < 4.78 is 9.29. The van der Waals surface area contributed by atoms with Crippen LogP contribution < -0.4 is 0 Å². The van der Waals surface area contributed by atoms with Crippen LogP contribution in [0.25, 0.3) is 0 Å². The van der Waals surface area contributed by atoms with Gasteiger partial charge in [-0.2, -0.15) is 0 Å². The van der Waals surface area contributed by atoms with Gasteiger partial charge < -0.3 is 9.47 Å². The molecule has 1 aliphatic carbocycles. The molecule has 0 heterocycles. The molecule has 0 spiro atoms. The van der Waals surface area contributed by atoms with Crippen molar-refractivity contribution in [2.75, 3.05) is 14.2 Å². The highest BCUT2D eigenvalue weighted by Gasteiger charge is 2.54. The van der Waals surface area contributed by atoms with Crippen molar-refractivity contribution >= 4 is 29.3 Å². The Morgan fingerprint density at radius 1 is 1.30 bits per heavy atom. The predicted molar refractivity (Wildman–Crippen MR) is 70.6 cm³/mol. The van der Waals surface area contributed by atoms with E-state index in [1.807, 2.05) is 0 Å². The molecule has 0 amide bonds. The minimum atomic E-state index is -1.55. The summed E-state index contributed by atoms with van der Waals surface area (Å²) in [7, 11) is 2.39. The molecule has 0 aromatic heterocycles. The van der Waals surface area contributed by atoms with Gasteiger partial charge in [-0.25, -0.2) is 0 Å². The maximum Gasteiger partial charge on any atom is 0.320 e. The number of rotatable bonds is 3. The lowest BCUT2D eigenvalue weighted by molar-refractivity contribution is -0.156. The quantitative estimate of drug-likeness (QED) is 0.628. The Labute approximate surface area is 120 Å². The molecule has 1 aromatic rings. The van der Waals surface area contributed by atoms with Crippen LogP contribution in [0.5, 0.6) is 0 Å². The van der Waals surface area contributed by atoms with Gasteiger partial charge in [-0.3, -0.25) is 14.4 Å². The maximum atomic E-state index is 12.5. The number of carbonyl (C=O) groups is 3. The zero-order valence-electron chi connectivity index (χ0n) is 11.1. The van der Waals surface area contributed by atoms with E-state index in [1.54, 1.807) is 18.2 Å². The standard InChI is InChI=1S/C14H13ClO5/c1-19-11(16)7-14(13(18)20-2)6-8-5-9(15)3-4-10(8)12(14)17/h3-5H,6-7H2,1-2H3. The first kappa shape index (κ1) is 14.5. The Bertz CT molecular complexity index is 595. The molecule has 1 unspecified atom stereocenters. The van der Waals surface area contributed by atoms with Gasteiger partial charge in [0.25, 0.3) is 0 Å². The van der Waals surface area contributed by atoms with Crippen molar-refractivity contribution in [3.8, 4) is 0 Å². The Balaban J connectivity index is 2.48. The third-order valence-electron chi connectivity index (χ3n) is 3.49. The van der Waals surface area contributed by atoms with E-state index in [9.17, 15) is 14.4 Å². The van der Waals surface area contributed by atoms with E-state index < -0.39 is 23.1 Å². The van der Waals surface area contributed by atoms with Crippen LogP contribution in [0.2, 0.25) is 5.02 Å². The van der Waals surface area contributed by atoms with Crippen LogP contribution in [0.1, 0.15) is 22.3 Å². The average molecular weight is 297 g/mol. The van der Waals surface area contributed by atoms with Crippen LogP contribution >= 0.6 is 11.6 Å². The molecule has 0 fully saturated rings.